The van der Waals surface area contributed by atoms with Gasteiger partial charge in [0, 0.05) is 11.0 Å². The molecule has 0 saturated heterocycles. The highest BCUT2D eigenvalue weighted by atomic mass is 79.9. The first-order valence-electron chi connectivity index (χ1n) is 6.74. The Morgan fingerprint density at radius 2 is 1.86 bits per heavy atom. The molecule has 1 rings (SSSR count). The Kier molecular flexibility index (Phi) is 7.18. The summed E-state index contributed by atoms with van der Waals surface area (Å²) < 4.78 is 0.792. The fraction of sp³-hybridized carbons (Fsp3) is 0.429. The van der Waals surface area contributed by atoms with Crippen molar-refractivity contribution in [2.75, 3.05) is 24.5 Å². The molecule has 0 aliphatic carbocycles. The second-order valence-electron chi connectivity index (χ2n) is 4.75. The maximum atomic E-state index is 11.1. The quantitative estimate of drug-likeness (QED) is 0.567. The molecule has 0 heterocycles. The third-order valence-electron chi connectivity index (χ3n) is 2.80. The number of carbonyl (C=O) groups is 2. The number of anilines is 1. The van der Waals surface area contributed by atoms with Gasteiger partial charge < -0.3 is 21.7 Å². The number of nitrogens with one attached hydrogen (secondary N) is 1. The predicted octanol–water partition coefficient (Wildman–Crippen LogP) is 0.726. The van der Waals surface area contributed by atoms with Crippen LogP contribution in [0.15, 0.2) is 22.7 Å². The van der Waals surface area contributed by atoms with Crippen LogP contribution in [0.2, 0.25) is 0 Å². The van der Waals surface area contributed by atoms with Crippen molar-refractivity contribution in [3.05, 3.63) is 28.2 Å². The molecule has 21 heavy (non-hydrogen) atoms. The summed E-state index contributed by atoms with van der Waals surface area (Å²) in [6.45, 7) is 3.70. The first kappa shape index (κ1) is 17.5. The number of primary amides is 2. The summed E-state index contributed by atoms with van der Waals surface area (Å²) in [5, 5.41) is 3.31. The van der Waals surface area contributed by atoms with E-state index in [1.807, 2.05) is 18.2 Å². The van der Waals surface area contributed by atoms with Gasteiger partial charge in [0.15, 0.2) is 0 Å². The van der Waals surface area contributed by atoms with E-state index in [2.05, 4.69) is 28.2 Å². The lowest BCUT2D eigenvalue weighted by atomic mass is 10.2. The molecule has 0 aliphatic rings. The van der Waals surface area contributed by atoms with Crippen LogP contribution in [0.5, 0.6) is 0 Å². The summed E-state index contributed by atoms with van der Waals surface area (Å²) in [5.41, 5.74) is 12.2. The fourth-order valence-corrected chi connectivity index (χ4v) is 2.61. The number of halogens is 1. The van der Waals surface area contributed by atoms with Gasteiger partial charge in [-0.2, -0.15) is 0 Å². The largest absolute Gasteiger partial charge is 0.368 e. The molecule has 1 aromatic rings. The van der Waals surface area contributed by atoms with Crippen LogP contribution in [0, 0.1) is 0 Å². The summed E-state index contributed by atoms with van der Waals surface area (Å²) in [7, 11) is 0. The fourth-order valence-electron chi connectivity index (χ4n) is 1.93. The number of carbonyl (C=O) groups excluding carboxylic acids is 2. The van der Waals surface area contributed by atoms with Crippen molar-refractivity contribution in [1.29, 1.82) is 0 Å². The first-order chi connectivity index (χ1) is 9.93. The van der Waals surface area contributed by atoms with E-state index in [1.165, 1.54) is 0 Å². The number of nitrogens with two attached hydrogens (primary N) is 2. The van der Waals surface area contributed by atoms with Crippen molar-refractivity contribution in [2.24, 2.45) is 11.5 Å². The lowest BCUT2D eigenvalue weighted by Gasteiger charge is -2.23. The Balaban J connectivity index is 2.88. The maximum absolute atomic E-state index is 11.1. The Labute approximate surface area is 133 Å². The SMILES string of the molecule is CCCNCc1ccc(N(CC(N)=O)CC(N)=O)c(Br)c1. The lowest BCUT2D eigenvalue weighted by Crippen LogP contribution is -2.39. The van der Waals surface area contributed by atoms with Gasteiger partial charge in [0.2, 0.25) is 11.8 Å². The monoisotopic (exact) mass is 356 g/mol. The molecule has 2 amide bonds. The van der Waals surface area contributed by atoms with E-state index in [-0.39, 0.29) is 13.1 Å². The van der Waals surface area contributed by atoms with E-state index >= 15 is 0 Å². The summed E-state index contributed by atoms with van der Waals surface area (Å²) in [6, 6.07) is 5.74. The number of rotatable bonds is 9. The molecule has 0 spiro atoms. The third kappa shape index (κ3) is 6.14. The molecule has 0 saturated carbocycles. The smallest absolute Gasteiger partial charge is 0.236 e. The van der Waals surface area contributed by atoms with Gasteiger partial charge in [0.1, 0.15) is 0 Å². The van der Waals surface area contributed by atoms with Gasteiger partial charge in [0.25, 0.3) is 0 Å². The van der Waals surface area contributed by atoms with Crippen molar-refractivity contribution in [3.8, 4) is 0 Å². The van der Waals surface area contributed by atoms with Gasteiger partial charge in [-0.25, -0.2) is 0 Å². The molecule has 0 bridgehead atoms. The molecule has 0 unspecified atom stereocenters. The summed E-state index contributed by atoms with van der Waals surface area (Å²) in [5.74, 6) is -1.03. The molecule has 6 nitrogen and oxygen atoms in total. The number of nitrogens with zero attached hydrogens (tertiary/aromatic N) is 1. The molecule has 0 aromatic heterocycles. The van der Waals surface area contributed by atoms with Crippen LogP contribution in [0.1, 0.15) is 18.9 Å². The third-order valence-corrected chi connectivity index (χ3v) is 3.44. The number of amides is 2. The average molecular weight is 357 g/mol. The van der Waals surface area contributed by atoms with Gasteiger partial charge in [-0.1, -0.05) is 13.0 Å². The molecule has 0 aliphatic heterocycles. The molecular formula is C14H21BrN4O2. The van der Waals surface area contributed by atoms with Gasteiger partial charge in [0.05, 0.1) is 18.8 Å². The highest BCUT2D eigenvalue weighted by Crippen LogP contribution is 2.27. The zero-order chi connectivity index (χ0) is 15.8. The van der Waals surface area contributed by atoms with Crippen LogP contribution in [-0.2, 0) is 16.1 Å². The minimum Gasteiger partial charge on any atom is -0.368 e. The Bertz CT molecular complexity index is 492. The maximum Gasteiger partial charge on any atom is 0.236 e. The minimum atomic E-state index is -0.517. The van der Waals surface area contributed by atoms with Crippen LogP contribution in [-0.4, -0.2) is 31.4 Å². The van der Waals surface area contributed by atoms with Gasteiger partial charge in [-0.05, 0) is 46.6 Å². The average Bonchev–Trinajstić information content (AvgIpc) is 2.37. The molecule has 0 atom stereocenters. The van der Waals surface area contributed by atoms with Crippen LogP contribution in [0.3, 0.4) is 0 Å². The summed E-state index contributed by atoms with van der Waals surface area (Å²) >= 11 is 3.46. The van der Waals surface area contributed by atoms with E-state index in [9.17, 15) is 9.59 Å². The second kappa shape index (κ2) is 8.63. The zero-order valence-electron chi connectivity index (χ0n) is 12.1. The Hall–Kier alpha value is -1.60. The zero-order valence-corrected chi connectivity index (χ0v) is 13.6. The Morgan fingerprint density at radius 3 is 2.33 bits per heavy atom. The van der Waals surface area contributed by atoms with E-state index < -0.39 is 11.8 Å². The second-order valence-corrected chi connectivity index (χ2v) is 5.61. The number of hydrogen-bond acceptors (Lipinski definition) is 4. The standard InChI is InChI=1S/C14H21BrN4O2/c1-2-5-18-7-10-3-4-12(11(15)6-10)19(8-13(16)20)9-14(17)21/h3-4,6,18H,2,5,7-9H2,1H3,(H2,16,20)(H2,17,21). The summed E-state index contributed by atoms with van der Waals surface area (Å²) in [6.07, 6.45) is 1.07. The van der Waals surface area contributed by atoms with Crippen molar-refractivity contribution in [1.82, 2.24) is 5.32 Å². The first-order valence-corrected chi connectivity index (χ1v) is 7.54. The van der Waals surface area contributed by atoms with Gasteiger partial charge in [-0.3, -0.25) is 9.59 Å². The highest BCUT2D eigenvalue weighted by Gasteiger charge is 2.15. The molecule has 0 fully saturated rings. The minimum absolute atomic E-state index is 0.0605. The lowest BCUT2D eigenvalue weighted by molar-refractivity contribution is -0.117. The predicted molar refractivity (Wildman–Crippen MR) is 86.7 cm³/mol. The van der Waals surface area contributed by atoms with Crippen LogP contribution < -0.4 is 21.7 Å². The molecule has 1 aromatic carbocycles. The van der Waals surface area contributed by atoms with Crippen LogP contribution in [0.4, 0.5) is 5.69 Å². The number of hydrogen-bond donors (Lipinski definition) is 3. The molecule has 5 N–H and O–H groups in total. The van der Waals surface area contributed by atoms with E-state index in [0.717, 1.165) is 29.5 Å². The van der Waals surface area contributed by atoms with E-state index in [1.54, 1.807) is 4.90 Å². The normalized spacial score (nSPS) is 10.4. The van der Waals surface area contributed by atoms with Crippen molar-refractivity contribution in [3.63, 3.8) is 0 Å². The topological polar surface area (TPSA) is 101 Å². The van der Waals surface area contributed by atoms with Crippen molar-refractivity contribution in [2.45, 2.75) is 19.9 Å². The van der Waals surface area contributed by atoms with Crippen LogP contribution >= 0.6 is 15.9 Å². The van der Waals surface area contributed by atoms with E-state index in [4.69, 9.17) is 11.5 Å². The number of benzene rings is 1. The highest BCUT2D eigenvalue weighted by molar-refractivity contribution is 9.10. The van der Waals surface area contributed by atoms with Gasteiger partial charge in [-0.15, -0.1) is 0 Å². The van der Waals surface area contributed by atoms with E-state index in [0.29, 0.717) is 5.69 Å². The Morgan fingerprint density at radius 1 is 1.24 bits per heavy atom. The molecule has 0 radical (unpaired) electrons. The van der Waals surface area contributed by atoms with Crippen molar-refractivity contribution >= 4 is 33.4 Å². The van der Waals surface area contributed by atoms with Gasteiger partial charge >= 0.3 is 0 Å². The summed E-state index contributed by atoms with van der Waals surface area (Å²) in [4.78, 5) is 23.8. The molecule has 116 valence electrons. The van der Waals surface area contributed by atoms with Crippen LogP contribution in [0.25, 0.3) is 0 Å². The van der Waals surface area contributed by atoms with Crippen molar-refractivity contribution < 1.29 is 9.59 Å². The molecular weight excluding hydrogens is 336 g/mol. The molecule has 7 heteroatoms.